The monoisotopic (exact) mass is 440 g/mol. The topological polar surface area (TPSA) is 49.7 Å². The van der Waals surface area contributed by atoms with Crippen molar-refractivity contribution in [3.63, 3.8) is 0 Å². The third-order valence-corrected chi connectivity index (χ3v) is 7.46. The van der Waals surface area contributed by atoms with Crippen LogP contribution in [0.5, 0.6) is 0 Å². The number of aliphatic hydroxyl groups excluding tert-OH is 2. The Morgan fingerprint density at radius 3 is 2.58 bits per heavy atom. The van der Waals surface area contributed by atoms with E-state index in [4.69, 9.17) is 4.74 Å². The minimum atomic E-state index is -0.618. The van der Waals surface area contributed by atoms with Crippen LogP contribution in [-0.4, -0.2) is 29.0 Å². The number of halogens is 1. The highest BCUT2D eigenvalue weighted by atomic mass is 32.1. The molecule has 5 heteroatoms. The molecule has 1 aliphatic rings. The summed E-state index contributed by atoms with van der Waals surface area (Å²) in [7, 11) is 0. The van der Waals surface area contributed by atoms with Crippen molar-refractivity contribution in [2.24, 2.45) is 5.92 Å². The van der Waals surface area contributed by atoms with Gasteiger partial charge in [-0.3, -0.25) is 0 Å². The first-order valence-electron chi connectivity index (χ1n) is 10.9. The van der Waals surface area contributed by atoms with Crippen LogP contribution in [-0.2, 0) is 11.2 Å². The number of ether oxygens (including phenoxy) is 1. The molecule has 3 nitrogen and oxygen atoms in total. The lowest BCUT2D eigenvalue weighted by Gasteiger charge is -2.39. The Balaban J connectivity index is 1.54. The molecule has 0 unspecified atom stereocenters. The van der Waals surface area contributed by atoms with Gasteiger partial charge in [0, 0.05) is 16.2 Å². The van der Waals surface area contributed by atoms with Crippen LogP contribution in [0.25, 0.3) is 10.4 Å². The van der Waals surface area contributed by atoms with E-state index < -0.39 is 12.2 Å². The van der Waals surface area contributed by atoms with Crippen molar-refractivity contribution in [2.75, 3.05) is 6.61 Å². The van der Waals surface area contributed by atoms with Crippen LogP contribution in [0.2, 0.25) is 0 Å². The normalized spacial score (nSPS) is 23.8. The van der Waals surface area contributed by atoms with Gasteiger partial charge in [0.15, 0.2) is 0 Å². The van der Waals surface area contributed by atoms with Crippen molar-refractivity contribution in [3.8, 4) is 10.4 Å². The van der Waals surface area contributed by atoms with Crippen LogP contribution in [0.1, 0.15) is 47.4 Å². The SMILES string of the molecule is CC[C@@H]1C[C@H](c2ccc(C)c(Cc3ccc(-c4ccc(F)cc4)s3)c2)O[C@H](CO)[C@H]1O. The standard InChI is InChI=1S/C26H29FO3S/c1-3-17-14-23(30-24(15-28)26(17)29)19-5-4-16(2)20(12-19)13-22-10-11-25(31-22)18-6-8-21(27)9-7-18/h4-12,17,23-24,26,28-29H,3,13-15H2,1-2H3/t17-,23-,24-,26+/m1/s1. The number of rotatable bonds is 6. The maximum Gasteiger partial charge on any atom is 0.123 e. The van der Waals surface area contributed by atoms with Crippen molar-refractivity contribution >= 4 is 11.3 Å². The Hall–Kier alpha value is -2.05. The second-order valence-corrected chi connectivity index (χ2v) is 9.54. The summed E-state index contributed by atoms with van der Waals surface area (Å²) < 4.78 is 19.3. The van der Waals surface area contributed by atoms with Crippen molar-refractivity contribution < 1.29 is 19.3 Å². The summed E-state index contributed by atoms with van der Waals surface area (Å²) in [6.07, 6.45) is 1.16. The lowest BCUT2D eigenvalue weighted by molar-refractivity contribution is -0.161. The quantitative estimate of drug-likeness (QED) is 0.520. The summed E-state index contributed by atoms with van der Waals surface area (Å²) >= 11 is 1.73. The van der Waals surface area contributed by atoms with Crippen molar-refractivity contribution in [3.05, 3.63) is 82.0 Å². The molecule has 164 valence electrons. The number of hydrogen-bond donors (Lipinski definition) is 2. The molecule has 1 aromatic heterocycles. The van der Waals surface area contributed by atoms with Gasteiger partial charge in [0.25, 0.3) is 0 Å². The fraction of sp³-hybridized carbons (Fsp3) is 0.385. The Bertz CT molecular complexity index is 1000. The van der Waals surface area contributed by atoms with E-state index in [1.807, 2.05) is 12.1 Å². The van der Waals surface area contributed by atoms with E-state index in [2.05, 4.69) is 44.2 Å². The number of hydrogen-bond acceptors (Lipinski definition) is 4. The van der Waals surface area contributed by atoms with Crippen molar-refractivity contribution in [2.45, 2.75) is 51.4 Å². The van der Waals surface area contributed by atoms with Gasteiger partial charge < -0.3 is 14.9 Å². The van der Waals surface area contributed by atoms with Gasteiger partial charge >= 0.3 is 0 Å². The molecule has 0 radical (unpaired) electrons. The van der Waals surface area contributed by atoms with Gasteiger partial charge in [-0.2, -0.15) is 0 Å². The summed E-state index contributed by atoms with van der Waals surface area (Å²) in [5.74, 6) is -0.101. The van der Waals surface area contributed by atoms with Crippen LogP contribution in [0.4, 0.5) is 4.39 Å². The summed E-state index contributed by atoms with van der Waals surface area (Å²) in [6.45, 7) is 4.01. The smallest absolute Gasteiger partial charge is 0.123 e. The molecule has 0 spiro atoms. The molecule has 4 atom stereocenters. The Kier molecular flexibility index (Phi) is 6.87. The van der Waals surface area contributed by atoms with E-state index in [0.717, 1.165) is 35.3 Å². The second kappa shape index (κ2) is 9.61. The number of aliphatic hydroxyl groups is 2. The second-order valence-electron chi connectivity index (χ2n) is 8.38. The van der Waals surface area contributed by atoms with Gasteiger partial charge in [0.1, 0.15) is 11.9 Å². The van der Waals surface area contributed by atoms with Gasteiger partial charge in [0.05, 0.1) is 18.8 Å². The molecular weight excluding hydrogens is 411 g/mol. The molecule has 0 aliphatic carbocycles. The van der Waals surface area contributed by atoms with E-state index in [0.29, 0.717) is 0 Å². The van der Waals surface area contributed by atoms with Gasteiger partial charge in [-0.05, 0) is 65.8 Å². The zero-order valence-electron chi connectivity index (χ0n) is 17.9. The highest BCUT2D eigenvalue weighted by molar-refractivity contribution is 7.15. The Labute approximate surface area is 187 Å². The Morgan fingerprint density at radius 2 is 1.87 bits per heavy atom. The molecule has 0 amide bonds. The van der Waals surface area contributed by atoms with Gasteiger partial charge in [-0.1, -0.05) is 43.7 Å². The number of thiophene rings is 1. The van der Waals surface area contributed by atoms with Gasteiger partial charge in [-0.15, -0.1) is 11.3 Å². The molecule has 0 bridgehead atoms. The highest BCUT2D eigenvalue weighted by Gasteiger charge is 2.36. The van der Waals surface area contributed by atoms with E-state index in [-0.39, 0.29) is 24.4 Å². The van der Waals surface area contributed by atoms with Crippen molar-refractivity contribution in [1.29, 1.82) is 0 Å². The molecule has 3 aromatic rings. The van der Waals surface area contributed by atoms with E-state index in [1.54, 1.807) is 11.3 Å². The molecule has 0 saturated carbocycles. The summed E-state index contributed by atoms with van der Waals surface area (Å²) in [5.41, 5.74) is 4.59. The first kappa shape index (κ1) is 22.2. The van der Waals surface area contributed by atoms with Gasteiger partial charge in [0.2, 0.25) is 0 Å². The van der Waals surface area contributed by atoms with E-state index in [1.165, 1.54) is 28.1 Å². The van der Waals surface area contributed by atoms with Crippen LogP contribution in [0, 0.1) is 18.7 Å². The predicted octanol–water partition coefficient (Wildman–Crippen LogP) is 5.66. The zero-order chi connectivity index (χ0) is 22.0. The highest BCUT2D eigenvalue weighted by Crippen LogP contribution is 2.38. The van der Waals surface area contributed by atoms with Crippen LogP contribution < -0.4 is 0 Å². The van der Waals surface area contributed by atoms with Crippen LogP contribution in [0.3, 0.4) is 0 Å². The zero-order valence-corrected chi connectivity index (χ0v) is 18.7. The summed E-state index contributed by atoms with van der Waals surface area (Å²) in [6, 6.07) is 17.3. The van der Waals surface area contributed by atoms with E-state index >= 15 is 0 Å². The summed E-state index contributed by atoms with van der Waals surface area (Å²) in [5, 5.41) is 20.0. The lowest BCUT2D eigenvalue weighted by Crippen LogP contribution is -2.44. The largest absolute Gasteiger partial charge is 0.394 e. The molecule has 2 N–H and O–H groups in total. The average molecular weight is 441 g/mol. The molecule has 4 rings (SSSR count). The first-order chi connectivity index (χ1) is 15.0. The van der Waals surface area contributed by atoms with Crippen LogP contribution >= 0.6 is 11.3 Å². The third-order valence-electron chi connectivity index (χ3n) is 6.32. The first-order valence-corrected chi connectivity index (χ1v) is 11.7. The molecule has 2 heterocycles. The summed E-state index contributed by atoms with van der Waals surface area (Å²) in [4.78, 5) is 2.38. The lowest BCUT2D eigenvalue weighted by atomic mass is 9.84. The maximum atomic E-state index is 13.2. The van der Waals surface area contributed by atoms with Crippen molar-refractivity contribution in [1.82, 2.24) is 0 Å². The molecular formula is C26H29FO3S. The number of aryl methyl sites for hydroxylation is 1. The van der Waals surface area contributed by atoms with E-state index in [9.17, 15) is 14.6 Å². The van der Waals surface area contributed by atoms with Crippen LogP contribution in [0.15, 0.2) is 54.6 Å². The fourth-order valence-corrected chi connectivity index (χ4v) is 5.39. The minimum Gasteiger partial charge on any atom is -0.394 e. The third kappa shape index (κ3) is 4.90. The fourth-order valence-electron chi connectivity index (χ4n) is 4.35. The average Bonchev–Trinajstić information content (AvgIpc) is 3.24. The Morgan fingerprint density at radius 1 is 1.10 bits per heavy atom. The molecule has 31 heavy (non-hydrogen) atoms. The van der Waals surface area contributed by atoms with Gasteiger partial charge in [-0.25, -0.2) is 4.39 Å². The number of benzene rings is 2. The predicted molar refractivity (Wildman–Crippen MR) is 123 cm³/mol. The molecule has 2 aromatic carbocycles. The molecule has 1 saturated heterocycles. The maximum absolute atomic E-state index is 13.2. The molecule has 1 aliphatic heterocycles. The minimum absolute atomic E-state index is 0.121. The molecule has 1 fully saturated rings.